The third-order valence-corrected chi connectivity index (χ3v) is 4.59. The van der Waals surface area contributed by atoms with E-state index in [0.29, 0.717) is 0 Å². The fraction of sp³-hybridized carbons (Fsp3) is 0.600. The van der Waals surface area contributed by atoms with Gasteiger partial charge in [-0.3, -0.25) is 0 Å². The van der Waals surface area contributed by atoms with Gasteiger partial charge in [-0.2, -0.15) is 0 Å². The summed E-state index contributed by atoms with van der Waals surface area (Å²) >= 11 is 3.36. The van der Waals surface area contributed by atoms with E-state index >= 15 is 0 Å². The van der Waals surface area contributed by atoms with Crippen LogP contribution >= 0.6 is 15.9 Å². The van der Waals surface area contributed by atoms with Crippen LogP contribution in [-0.2, 0) is 9.47 Å². The van der Waals surface area contributed by atoms with E-state index in [-0.39, 0.29) is 23.3 Å². The van der Waals surface area contributed by atoms with Gasteiger partial charge >= 0.3 is 11.9 Å². The van der Waals surface area contributed by atoms with E-state index in [0.717, 1.165) is 43.0 Å². The van der Waals surface area contributed by atoms with Gasteiger partial charge in [0.2, 0.25) is 0 Å². The van der Waals surface area contributed by atoms with Gasteiger partial charge in [-0.15, -0.1) is 0 Å². The smallest absolute Gasteiger partial charge is 0.339 e. The molecule has 0 fully saturated rings. The highest BCUT2D eigenvalue weighted by molar-refractivity contribution is 9.10. The van der Waals surface area contributed by atoms with Gasteiger partial charge in [0, 0.05) is 4.47 Å². The van der Waals surface area contributed by atoms with Crippen LogP contribution in [0.4, 0.5) is 0 Å². The van der Waals surface area contributed by atoms with Crippen molar-refractivity contribution in [3.63, 3.8) is 0 Å². The van der Waals surface area contributed by atoms with E-state index in [9.17, 15) is 9.59 Å². The molecule has 0 spiro atoms. The normalized spacial score (nSPS) is 13.2. The summed E-state index contributed by atoms with van der Waals surface area (Å²) in [6.45, 7) is 8.08. The van der Waals surface area contributed by atoms with E-state index in [4.69, 9.17) is 9.47 Å². The van der Waals surface area contributed by atoms with Gasteiger partial charge < -0.3 is 9.47 Å². The molecule has 0 amide bonds. The highest BCUT2D eigenvalue weighted by Gasteiger charge is 2.23. The van der Waals surface area contributed by atoms with Gasteiger partial charge in [-0.25, -0.2) is 9.59 Å². The van der Waals surface area contributed by atoms with E-state index in [1.54, 1.807) is 18.2 Å². The second-order valence-corrected chi connectivity index (χ2v) is 7.05. The van der Waals surface area contributed by atoms with Crippen molar-refractivity contribution in [2.75, 3.05) is 0 Å². The van der Waals surface area contributed by atoms with E-state index < -0.39 is 11.9 Å². The quantitative estimate of drug-likeness (QED) is 0.447. The van der Waals surface area contributed by atoms with Crippen LogP contribution in [0.1, 0.15) is 86.9 Å². The lowest BCUT2D eigenvalue weighted by Crippen LogP contribution is -2.22. The zero-order chi connectivity index (χ0) is 18.8. The zero-order valence-electron chi connectivity index (χ0n) is 15.6. The van der Waals surface area contributed by atoms with Gasteiger partial charge in [0.15, 0.2) is 0 Å². The minimum atomic E-state index is -0.475. The van der Waals surface area contributed by atoms with Crippen molar-refractivity contribution in [1.29, 1.82) is 0 Å². The molecule has 0 N–H and O–H groups in total. The van der Waals surface area contributed by atoms with Crippen molar-refractivity contribution in [1.82, 2.24) is 0 Å². The average Bonchev–Trinajstić information content (AvgIpc) is 2.60. The third kappa shape index (κ3) is 6.81. The fourth-order valence-corrected chi connectivity index (χ4v) is 2.99. The molecule has 0 aromatic heterocycles. The molecule has 0 bridgehead atoms. The summed E-state index contributed by atoms with van der Waals surface area (Å²) in [5.41, 5.74) is 0.509. The average molecular weight is 413 g/mol. The lowest BCUT2D eigenvalue weighted by Gasteiger charge is -2.18. The molecule has 1 aromatic carbocycles. The topological polar surface area (TPSA) is 52.6 Å². The molecule has 0 radical (unpaired) electrons. The highest BCUT2D eigenvalue weighted by atomic mass is 79.9. The number of benzene rings is 1. The summed E-state index contributed by atoms with van der Waals surface area (Å²) in [7, 11) is 0. The van der Waals surface area contributed by atoms with Gasteiger partial charge in [0.05, 0.1) is 11.1 Å². The molecule has 4 nitrogen and oxygen atoms in total. The van der Waals surface area contributed by atoms with Crippen LogP contribution < -0.4 is 0 Å². The third-order valence-electron chi connectivity index (χ3n) is 4.10. The SMILES string of the molecule is CCCC(CC)OC(=O)c1ccc(Br)cc1C(=O)OC(CC)CCC. The number of hydrogen-bond donors (Lipinski definition) is 0. The lowest BCUT2D eigenvalue weighted by atomic mass is 10.1. The summed E-state index contributed by atoms with van der Waals surface area (Å²) in [5, 5.41) is 0. The molecule has 0 aliphatic carbocycles. The van der Waals surface area contributed by atoms with Crippen molar-refractivity contribution in [3.05, 3.63) is 33.8 Å². The Morgan fingerprint density at radius 3 is 1.80 bits per heavy atom. The first kappa shape index (κ1) is 21.7. The molecule has 0 aliphatic heterocycles. The monoisotopic (exact) mass is 412 g/mol. The molecule has 1 aromatic rings. The first-order chi connectivity index (χ1) is 12.0. The summed E-state index contributed by atoms with van der Waals surface area (Å²) in [5.74, 6) is -0.944. The number of ether oxygens (including phenoxy) is 2. The number of rotatable bonds is 10. The molecule has 2 atom stereocenters. The van der Waals surface area contributed by atoms with Crippen LogP contribution in [0.2, 0.25) is 0 Å². The largest absolute Gasteiger partial charge is 0.459 e. The van der Waals surface area contributed by atoms with Crippen LogP contribution in [0.25, 0.3) is 0 Å². The van der Waals surface area contributed by atoms with Crippen molar-refractivity contribution < 1.29 is 19.1 Å². The van der Waals surface area contributed by atoms with Gasteiger partial charge in [-0.1, -0.05) is 56.5 Å². The first-order valence-electron chi connectivity index (χ1n) is 9.18. The Kier molecular flexibility index (Phi) is 9.79. The number of halogens is 1. The maximum absolute atomic E-state index is 12.6. The minimum absolute atomic E-state index is 0.131. The molecule has 2 unspecified atom stereocenters. The predicted octanol–water partition coefficient (Wildman–Crippen LogP) is 5.92. The number of hydrogen-bond acceptors (Lipinski definition) is 4. The molecule has 140 valence electrons. The Labute approximate surface area is 159 Å². The number of carbonyl (C=O) groups is 2. The Morgan fingerprint density at radius 2 is 1.36 bits per heavy atom. The van der Waals surface area contributed by atoms with Crippen LogP contribution in [0.3, 0.4) is 0 Å². The van der Waals surface area contributed by atoms with Gasteiger partial charge in [-0.05, 0) is 43.9 Å². The highest BCUT2D eigenvalue weighted by Crippen LogP contribution is 2.21. The molecule has 0 saturated heterocycles. The van der Waals surface area contributed by atoms with Crippen LogP contribution in [0.15, 0.2) is 22.7 Å². The van der Waals surface area contributed by atoms with E-state index in [2.05, 4.69) is 29.8 Å². The number of carbonyl (C=O) groups excluding carboxylic acids is 2. The predicted molar refractivity (Wildman–Crippen MR) is 103 cm³/mol. The van der Waals surface area contributed by atoms with Crippen molar-refractivity contribution in [2.24, 2.45) is 0 Å². The van der Waals surface area contributed by atoms with E-state index in [1.807, 2.05) is 13.8 Å². The second kappa shape index (κ2) is 11.3. The molecule has 0 heterocycles. The Hall–Kier alpha value is -1.36. The Bertz CT molecular complexity index is 571. The minimum Gasteiger partial charge on any atom is -0.459 e. The standard InChI is InChI=1S/C20H29BrO4/c1-5-9-15(7-3)24-19(22)17-12-11-14(21)13-18(17)20(23)25-16(8-4)10-6-2/h11-13,15-16H,5-10H2,1-4H3. The molecular formula is C20H29BrO4. The maximum Gasteiger partial charge on any atom is 0.339 e. The second-order valence-electron chi connectivity index (χ2n) is 6.14. The van der Waals surface area contributed by atoms with Crippen molar-refractivity contribution >= 4 is 27.9 Å². The van der Waals surface area contributed by atoms with Gasteiger partial charge in [0.25, 0.3) is 0 Å². The molecule has 0 saturated carbocycles. The molecular weight excluding hydrogens is 384 g/mol. The summed E-state index contributed by atoms with van der Waals surface area (Å²) < 4.78 is 11.9. The van der Waals surface area contributed by atoms with Crippen LogP contribution in [-0.4, -0.2) is 24.1 Å². The summed E-state index contributed by atoms with van der Waals surface area (Å²) in [6, 6.07) is 4.97. The first-order valence-corrected chi connectivity index (χ1v) is 9.97. The van der Waals surface area contributed by atoms with E-state index in [1.165, 1.54) is 0 Å². The Morgan fingerprint density at radius 1 is 0.880 bits per heavy atom. The van der Waals surface area contributed by atoms with Crippen molar-refractivity contribution in [2.45, 2.75) is 78.4 Å². The Balaban J connectivity index is 3.01. The van der Waals surface area contributed by atoms with Gasteiger partial charge in [0.1, 0.15) is 12.2 Å². The lowest BCUT2D eigenvalue weighted by molar-refractivity contribution is 0.0223. The molecule has 1 rings (SSSR count). The number of esters is 2. The maximum atomic E-state index is 12.6. The summed E-state index contributed by atoms with van der Waals surface area (Å²) in [6.07, 6.45) is 4.74. The molecule has 25 heavy (non-hydrogen) atoms. The molecule has 0 aliphatic rings. The summed E-state index contributed by atoms with van der Waals surface area (Å²) in [4.78, 5) is 25.2. The van der Waals surface area contributed by atoms with Crippen LogP contribution in [0.5, 0.6) is 0 Å². The fourth-order valence-electron chi connectivity index (χ4n) is 2.63. The van der Waals surface area contributed by atoms with Crippen LogP contribution in [0, 0.1) is 0 Å². The zero-order valence-corrected chi connectivity index (χ0v) is 17.2. The van der Waals surface area contributed by atoms with Crippen molar-refractivity contribution in [3.8, 4) is 0 Å². The molecule has 5 heteroatoms.